The van der Waals surface area contributed by atoms with Crippen LogP contribution in [0.4, 0.5) is 5.95 Å². The van der Waals surface area contributed by atoms with E-state index in [1.807, 2.05) is 18.2 Å². The second kappa shape index (κ2) is 5.47. The zero-order valence-corrected chi connectivity index (χ0v) is 13.5. The van der Waals surface area contributed by atoms with Gasteiger partial charge in [-0.05, 0) is 37.8 Å². The third-order valence-corrected chi connectivity index (χ3v) is 5.42. The lowest BCUT2D eigenvalue weighted by Gasteiger charge is -2.31. The Morgan fingerprint density at radius 1 is 1.14 bits per heavy atom. The van der Waals surface area contributed by atoms with Crippen LogP contribution in [0, 0.1) is 0 Å². The summed E-state index contributed by atoms with van der Waals surface area (Å²) in [6, 6.07) is 7.96. The number of aromatic nitrogens is 2. The molecule has 0 amide bonds. The fraction of sp³-hybridized carbons (Fsp3) is 0.412. The molecule has 2 aliphatic rings. The van der Waals surface area contributed by atoms with Crippen molar-refractivity contribution in [3.8, 4) is 11.3 Å². The summed E-state index contributed by atoms with van der Waals surface area (Å²) in [5, 5.41) is 0. The minimum Gasteiger partial charge on any atom is -0.341 e. The molecule has 2 heterocycles. The Hall–Kier alpha value is -1.75. The SMILES string of the molecule is CS(=O)c1cccc(-c2nc(N3CCC3)nc3c2CCC3)c1. The van der Waals surface area contributed by atoms with Crippen molar-refractivity contribution in [3.63, 3.8) is 0 Å². The van der Waals surface area contributed by atoms with Crippen LogP contribution < -0.4 is 4.90 Å². The summed E-state index contributed by atoms with van der Waals surface area (Å²) >= 11 is 0. The zero-order valence-electron chi connectivity index (χ0n) is 12.7. The summed E-state index contributed by atoms with van der Waals surface area (Å²) in [6.07, 6.45) is 6.18. The van der Waals surface area contributed by atoms with Gasteiger partial charge in [-0.15, -0.1) is 0 Å². The first kappa shape index (κ1) is 13.9. The maximum Gasteiger partial charge on any atom is 0.226 e. The third kappa shape index (κ3) is 2.33. The van der Waals surface area contributed by atoms with Crippen molar-refractivity contribution < 1.29 is 4.21 Å². The Labute approximate surface area is 133 Å². The van der Waals surface area contributed by atoms with E-state index in [1.54, 1.807) is 6.26 Å². The van der Waals surface area contributed by atoms with Gasteiger partial charge in [-0.2, -0.15) is 0 Å². The maximum atomic E-state index is 11.8. The van der Waals surface area contributed by atoms with Crippen LogP contribution in [0.25, 0.3) is 11.3 Å². The molecule has 2 aromatic rings. The molecule has 1 unspecified atom stereocenters. The number of nitrogens with zero attached hydrogens (tertiary/aromatic N) is 3. The van der Waals surface area contributed by atoms with Gasteiger partial charge in [0.1, 0.15) is 0 Å². The number of anilines is 1. The van der Waals surface area contributed by atoms with Crippen LogP contribution in [0.15, 0.2) is 29.2 Å². The van der Waals surface area contributed by atoms with Crippen LogP contribution in [-0.2, 0) is 23.6 Å². The van der Waals surface area contributed by atoms with E-state index in [1.165, 1.54) is 17.7 Å². The van der Waals surface area contributed by atoms with Crippen LogP contribution in [0.1, 0.15) is 24.1 Å². The molecule has 0 spiro atoms. The van der Waals surface area contributed by atoms with Crippen molar-refractivity contribution in [1.29, 1.82) is 0 Å². The lowest BCUT2D eigenvalue weighted by Crippen LogP contribution is -2.38. The van der Waals surface area contributed by atoms with E-state index in [0.29, 0.717) is 0 Å². The van der Waals surface area contributed by atoms with Gasteiger partial charge < -0.3 is 4.90 Å². The van der Waals surface area contributed by atoms with Crippen molar-refractivity contribution >= 4 is 16.7 Å². The Morgan fingerprint density at radius 3 is 2.73 bits per heavy atom. The van der Waals surface area contributed by atoms with Crippen LogP contribution in [0.5, 0.6) is 0 Å². The number of aryl methyl sites for hydroxylation is 1. The molecule has 1 aliphatic heterocycles. The molecule has 0 saturated carbocycles. The number of benzene rings is 1. The van der Waals surface area contributed by atoms with Crippen LogP contribution in [-0.4, -0.2) is 33.5 Å². The summed E-state index contributed by atoms with van der Waals surface area (Å²) in [6.45, 7) is 2.11. The van der Waals surface area contributed by atoms with Crippen LogP contribution >= 0.6 is 0 Å². The summed E-state index contributed by atoms with van der Waals surface area (Å²) in [5.41, 5.74) is 4.59. The monoisotopic (exact) mass is 313 g/mol. The second-order valence-electron chi connectivity index (χ2n) is 5.97. The maximum absolute atomic E-state index is 11.8. The van der Waals surface area contributed by atoms with Gasteiger partial charge in [-0.3, -0.25) is 4.21 Å². The minimum atomic E-state index is -0.970. The summed E-state index contributed by atoms with van der Waals surface area (Å²) in [4.78, 5) is 12.7. The highest BCUT2D eigenvalue weighted by Crippen LogP contribution is 2.33. The molecule has 5 heteroatoms. The van der Waals surface area contributed by atoms with Gasteiger partial charge in [0.15, 0.2) is 0 Å². The lowest BCUT2D eigenvalue weighted by atomic mass is 10.1. The molecule has 4 nitrogen and oxygen atoms in total. The third-order valence-electron chi connectivity index (χ3n) is 4.50. The molecule has 0 radical (unpaired) electrons. The van der Waals surface area contributed by atoms with Crippen molar-refractivity contribution in [2.45, 2.75) is 30.6 Å². The average molecular weight is 313 g/mol. The minimum absolute atomic E-state index is 0.855. The van der Waals surface area contributed by atoms with Gasteiger partial charge in [0, 0.05) is 51.9 Å². The molecule has 1 aromatic carbocycles. The van der Waals surface area contributed by atoms with Crippen molar-refractivity contribution in [2.75, 3.05) is 24.2 Å². The fourth-order valence-corrected chi connectivity index (χ4v) is 3.70. The van der Waals surface area contributed by atoms with Crippen molar-refractivity contribution in [1.82, 2.24) is 9.97 Å². The largest absolute Gasteiger partial charge is 0.341 e. The molecule has 4 rings (SSSR count). The first-order valence-corrected chi connectivity index (χ1v) is 9.37. The van der Waals surface area contributed by atoms with Crippen molar-refractivity contribution in [3.05, 3.63) is 35.5 Å². The molecule has 1 atom stereocenters. The molecule has 1 aromatic heterocycles. The van der Waals surface area contributed by atoms with E-state index in [-0.39, 0.29) is 0 Å². The van der Waals surface area contributed by atoms with Crippen LogP contribution in [0.3, 0.4) is 0 Å². The number of hydrogen-bond donors (Lipinski definition) is 0. The normalized spacial score (nSPS) is 18.0. The van der Waals surface area contributed by atoms with E-state index in [2.05, 4.69) is 11.0 Å². The molecule has 22 heavy (non-hydrogen) atoms. The number of fused-ring (bicyclic) bond motifs is 1. The highest BCUT2D eigenvalue weighted by atomic mass is 32.2. The van der Waals surface area contributed by atoms with Crippen molar-refractivity contribution in [2.24, 2.45) is 0 Å². The standard InChI is InChI=1S/C17H19N3OS/c1-22(21)13-6-2-5-12(11-13)16-14-7-3-8-15(14)18-17(19-16)20-9-4-10-20/h2,5-6,11H,3-4,7-10H2,1H3. The van der Waals surface area contributed by atoms with E-state index in [4.69, 9.17) is 9.97 Å². The summed E-state index contributed by atoms with van der Waals surface area (Å²) in [7, 11) is -0.970. The highest BCUT2D eigenvalue weighted by molar-refractivity contribution is 7.84. The van der Waals surface area contributed by atoms with Gasteiger partial charge in [0.2, 0.25) is 5.95 Å². The predicted molar refractivity (Wildman–Crippen MR) is 88.7 cm³/mol. The molecular formula is C17H19N3OS. The highest BCUT2D eigenvalue weighted by Gasteiger charge is 2.24. The molecular weight excluding hydrogens is 294 g/mol. The topological polar surface area (TPSA) is 46.1 Å². The zero-order chi connectivity index (χ0) is 15.1. The molecule has 0 N–H and O–H groups in total. The van der Waals surface area contributed by atoms with Gasteiger partial charge in [0.05, 0.1) is 5.69 Å². The Kier molecular flexibility index (Phi) is 3.45. The quantitative estimate of drug-likeness (QED) is 0.874. The second-order valence-corrected chi connectivity index (χ2v) is 7.35. The summed E-state index contributed by atoms with van der Waals surface area (Å²) in [5.74, 6) is 0.866. The van der Waals surface area contributed by atoms with E-state index >= 15 is 0 Å². The first-order chi connectivity index (χ1) is 10.7. The average Bonchev–Trinajstić information content (AvgIpc) is 2.93. The number of rotatable bonds is 3. The van der Waals surface area contributed by atoms with E-state index in [0.717, 1.165) is 54.5 Å². The fourth-order valence-electron chi connectivity index (χ4n) is 3.14. The van der Waals surface area contributed by atoms with Gasteiger partial charge >= 0.3 is 0 Å². The lowest BCUT2D eigenvalue weighted by molar-refractivity contribution is 0.599. The van der Waals surface area contributed by atoms with Gasteiger partial charge in [-0.25, -0.2) is 9.97 Å². The Morgan fingerprint density at radius 2 is 2.00 bits per heavy atom. The molecule has 1 aliphatic carbocycles. The smallest absolute Gasteiger partial charge is 0.226 e. The Bertz CT molecular complexity index is 756. The van der Waals surface area contributed by atoms with E-state index < -0.39 is 10.8 Å². The summed E-state index contributed by atoms with van der Waals surface area (Å²) < 4.78 is 11.8. The van der Waals surface area contributed by atoms with Gasteiger partial charge in [-0.1, -0.05) is 12.1 Å². The predicted octanol–water partition coefficient (Wildman–Crippen LogP) is 2.58. The van der Waals surface area contributed by atoms with E-state index in [9.17, 15) is 4.21 Å². The molecule has 0 bridgehead atoms. The first-order valence-electron chi connectivity index (χ1n) is 7.81. The molecule has 1 saturated heterocycles. The van der Waals surface area contributed by atoms with Gasteiger partial charge in [0.25, 0.3) is 0 Å². The van der Waals surface area contributed by atoms with Crippen LogP contribution in [0.2, 0.25) is 0 Å². The molecule has 1 fully saturated rings. The molecule has 114 valence electrons. The Balaban J connectivity index is 1.84. The number of hydrogen-bond acceptors (Lipinski definition) is 4.